The fraction of sp³-hybridized carbons (Fsp3) is 0.176. The molecule has 0 bridgehead atoms. The van der Waals surface area contributed by atoms with Gasteiger partial charge in [0, 0.05) is 11.1 Å². The Labute approximate surface area is 123 Å². The standard InChI is InChI=1S/C17H17NO3/c1-20-16-7-3-5-13-9-15(21-17(13)16)10-18-14-6-2-4-12(8-14)11-19/h2-9,18-19H,10-11H2,1H3. The molecule has 0 saturated heterocycles. The SMILES string of the molecule is COc1cccc2cc(CNc3cccc(CO)c3)oc12. The number of hydrogen-bond donors (Lipinski definition) is 2. The van der Waals surface area contributed by atoms with Crippen LogP contribution in [0.5, 0.6) is 5.75 Å². The maximum absolute atomic E-state index is 9.14. The molecule has 1 heterocycles. The summed E-state index contributed by atoms with van der Waals surface area (Å²) in [7, 11) is 1.63. The summed E-state index contributed by atoms with van der Waals surface area (Å²) in [6.07, 6.45) is 0. The molecular formula is C17H17NO3. The monoisotopic (exact) mass is 283 g/mol. The molecule has 0 fully saturated rings. The Bertz CT molecular complexity index is 749. The lowest BCUT2D eigenvalue weighted by Gasteiger charge is -2.05. The van der Waals surface area contributed by atoms with Crippen LogP contribution in [0.3, 0.4) is 0 Å². The number of anilines is 1. The average molecular weight is 283 g/mol. The molecule has 0 aliphatic carbocycles. The third-order valence-electron chi connectivity index (χ3n) is 3.36. The van der Waals surface area contributed by atoms with Crippen LogP contribution in [0.4, 0.5) is 5.69 Å². The van der Waals surface area contributed by atoms with Crippen LogP contribution in [0, 0.1) is 0 Å². The summed E-state index contributed by atoms with van der Waals surface area (Å²) in [5, 5.41) is 13.5. The van der Waals surface area contributed by atoms with E-state index in [1.165, 1.54) is 0 Å². The number of aliphatic hydroxyl groups excluding tert-OH is 1. The van der Waals surface area contributed by atoms with Crippen LogP contribution in [0.25, 0.3) is 11.0 Å². The third kappa shape index (κ3) is 2.85. The van der Waals surface area contributed by atoms with Crippen molar-refractivity contribution in [3.8, 4) is 5.75 Å². The van der Waals surface area contributed by atoms with E-state index >= 15 is 0 Å². The predicted octanol–water partition coefficient (Wildman–Crippen LogP) is 3.55. The summed E-state index contributed by atoms with van der Waals surface area (Å²) in [6.45, 7) is 0.615. The molecule has 0 aliphatic rings. The van der Waals surface area contributed by atoms with E-state index in [1.54, 1.807) is 7.11 Å². The molecular weight excluding hydrogens is 266 g/mol. The summed E-state index contributed by atoms with van der Waals surface area (Å²) < 4.78 is 11.1. The second kappa shape index (κ2) is 5.89. The van der Waals surface area contributed by atoms with Crippen LogP contribution in [-0.2, 0) is 13.2 Å². The second-order valence-electron chi connectivity index (χ2n) is 4.80. The van der Waals surface area contributed by atoms with Gasteiger partial charge >= 0.3 is 0 Å². The Balaban J connectivity index is 1.78. The molecule has 2 aromatic carbocycles. The van der Waals surface area contributed by atoms with Crippen molar-refractivity contribution in [2.45, 2.75) is 13.2 Å². The summed E-state index contributed by atoms with van der Waals surface area (Å²) in [5.74, 6) is 1.57. The predicted molar refractivity (Wildman–Crippen MR) is 82.5 cm³/mol. The van der Waals surface area contributed by atoms with Crippen LogP contribution in [-0.4, -0.2) is 12.2 Å². The van der Waals surface area contributed by atoms with Gasteiger partial charge in [-0.1, -0.05) is 24.3 Å². The Morgan fingerprint density at radius 2 is 2.00 bits per heavy atom. The molecule has 0 unspecified atom stereocenters. The van der Waals surface area contributed by atoms with E-state index in [-0.39, 0.29) is 6.61 Å². The molecule has 21 heavy (non-hydrogen) atoms. The maximum atomic E-state index is 9.14. The maximum Gasteiger partial charge on any atom is 0.176 e. The van der Waals surface area contributed by atoms with Gasteiger partial charge in [-0.2, -0.15) is 0 Å². The lowest BCUT2D eigenvalue weighted by atomic mass is 10.2. The van der Waals surface area contributed by atoms with Crippen molar-refractivity contribution in [2.24, 2.45) is 0 Å². The van der Waals surface area contributed by atoms with E-state index in [0.29, 0.717) is 6.54 Å². The number of nitrogens with one attached hydrogen (secondary N) is 1. The molecule has 0 saturated carbocycles. The summed E-state index contributed by atoms with van der Waals surface area (Å²) in [4.78, 5) is 0. The molecule has 1 aromatic heterocycles. The van der Waals surface area contributed by atoms with Gasteiger partial charge in [0.15, 0.2) is 11.3 Å². The fourth-order valence-corrected chi connectivity index (χ4v) is 2.31. The Morgan fingerprint density at radius 3 is 2.81 bits per heavy atom. The first kappa shape index (κ1) is 13.5. The van der Waals surface area contributed by atoms with Crippen molar-refractivity contribution in [1.29, 1.82) is 0 Å². The van der Waals surface area contributed by atoms with E-state index in [9.17, 15) is 0 Å². The normalized spacial score (nSPS) is 10.8. The van der Waals surface area contributed by atoms with Gasteiger partial charge in [-0.05, 0) is 29.8 Å². The summed E-state index contributed by atoms with van der Waals surface area (Å²) >= 11 is 0. The minimum atomic E-state index is 0.0390. The van der Waals surface area contributed by atoms with Crippen molar-refractivity contribution >= 4 is 16.7 Å². The minimum absolute atomic E-state index is 0.0390. The van der Waals surface area contributed by atoms with Gasteiger partial charge in [0.25, 0.3) is 0 Å². The van der Waals surface area contributed by atoms with E-state index < -0.39 is 0 Å². The number of benzene rings is 2. The number of furan rings is 1. The smallest absolute Gasteiger partial charge is 0.176 e. The number of ether oxygens (including phenoxy) is 1. The molecule has 4 heteroatoms. The van der Waals surface area contributed by atoms with Gasteiger partial charge in [-0.15, -0.1) is 0 Å². The highest BCUT2D eigenvalue weighted by Crippen LogP contribution is 2.28. The number of hydrogen-bond acceptors (Lipinski definition) is 4. The van der Waals surface area contributed by atoms with Crippen LogP contribution in [0.15, 0.2) is 52.9 Å². The van der Waals surface area contributed by atoms with E-state index in [0.717, 1.165) is 33.7 Å². The molecule has 0 spiro atoms. The Morgan fingerprint density at radius 1 is 1.14 bits per heavy atom. The van der Waals surface area contributed by atoms with Crippen LogP contribution in [0.2, 0.25) is 0 Å². The van der Waals surface area contributed by atoms with Crippen molar-refractivity contribution in [2.75, 3.05) is 12.4 Å². The zero-order valence-electron chi connectivity index (χ0n) is 11.8. The Hall–Kier alpha value is -2.46. The van der Waals surface area contributed by atoms with Gasteiger partial charge in [0.05, 0.1) is 20.3 Å². The first-order valence-corrected chi connectivity index (χ1v) is 6.79. The zero-order chi connectivity index (χ0) is 14.7. The molecule has 3 rings (SSSR count). The number of fused-ring (bicyclic) bond motifs is 1. The fourth-order valence-electron chi connectivity index (χ4n) is 2.31. The van der Waals surface area contributed by atoms with Gasteiger partial charge in [0.1, 0.15) is 5.76 Å². The van der Waals surface area contributed by atoms with Crippen molar-refractivity contribution in [1.82, 2.24) is 0 Å². The number of methoxy groups -OCH3 is 1. The van der Waals surface area contributed by atoms with E-state index in [1.807, 2.05) is 48.5 Å². The lowest BCUT2D eigenvalue weighted by Crippen LogP contribution is -1.98. The van der Waals surface area contributed by atoms with Crippen LogP contribution < -0.4 is 10.1 Å². The van der Waals surface area contributed by atoms with Crippen molar-refractivity contribution < 1.29 is 14.3 Å². The first-order valence-electron chi connectivity index (χ1n) is 6.79. The van der Waals surface area contributed by atoms with E-state index in [2.05, 4.69) is 5.32 Å². The molecule has 4 nitrogen and oxygen atoms in total. The average Bonchev–Trinajstić information content (AvgIpc) is 2.96. The second-order valence-corrected chi connectivity index (χ2v) is 4.80. The molecule has 0 radical (unpaired) electrons. The third-order valence-corrected chi connectivity index (χ3v) is 3.36. The van der Waals surface area contributed by atoms with Gasteiger partial charge in [0.2, 0.25) is 0 Å². The lowest BCUT2D eigenvalue weighted by molar-refractivity contribution is 0.282. The van der Waals surface area contributed by atoms with E-state index in [4.69, 9.17) is 14.3 Å². The minimum Gasteiger partial charge on any atom is -0.493 e. The molecule has 0 aliphatic heterocycles. The first-order chi connectivity index (χ1) is 10.3. The molecule has 0 amide bonds. The topological polar surface area (TPSA) is 54.6 Å². The molecule has 108 valence electrons. The van der Waals surface area contributed by atoms with Crippen LogP contribution >= 0.6 is 0 Å². The molecule has 0 atom stereocenters. The van der Waals surface area contributed by atoms with Crippen molar-refractivity contribution in [3.63, 3.8) is 0 Å². The number of rotatable bonds is 5. The molecule has 2 N–H and O–H groups in total. The number of para-hydroxylation sites is 1. The molecule has 3 aromatic rings. The van der Waals surface area contributed by atoms with Gasteiger partial charge in [-0.25, -0.2) is 0 Å². The highest BCUT2D eigenvalue weighted by molar-refractivity contribution is 5.83. The van der Waals surface area contributed by atoms with Gasteiger partial charge < -0.3 is 19.6 Å². The van der Waals surface area contributed by atoms with Gasteiger partial charge in [-0.3, -0.25) is 0 Å². The highest BCUT2D eigenvalue weighted by Gasteiger charge is 2.08. The van der Waals surface area contributed by atoms with Crippen molar-refractivity contribution in [3.05, 3.63) is 59.9 Å². The Kier molecular flexibility index (Phi) is 3.79. The summed E-state index contributed by atoms with van der Waals surface area (Å²) in [5.41, 5.74) is 2.60. The largest absolute Gasteiger partial charge is 0.493 e. The quantitative estimate of drug-likeness (QED) is 0.752. The highest BCUT2D eigenvalue weighted by atomic mass is 16.5. The van der Waals surface area contributed by atoms with Crippen LogP contribution in [0.1, 0.15) is 11.3 Å². The zero-order valence-corrected chi connectivity index (χ0v) is 11.8. The number of aliphatic hydroxyl groups is 1. The summed E-state index contributed by atoms with van der Waals surface area (Å²) in [6, 6.07) is 15.5.